The molecule has 0 unspecified atom stereocenters. The molecule has 0 radical (unpaired) electrons. The molecule has 5 nitrogen and oxygen atoms in total. The fourth-order valence-corrected chi connectivity index (χ4v) is 2.59. The smallest absolute Gasteiger partial charge is 0.103 e. The van der Waals surface area contributed by atoms with Gasteiger partial charge in [0.2, 0.25) is 0 Å². The molecule has 20 heavy (non-hydrogen) atoms. The van der Waals surface area contributed by atoms with E-state index in [1.165, 1.54) is 0 Å². The summed E-state index contributed by atoms with van der Waals surface area (Å²) in [7, 11) is 3.92. The molecule has 2 heterocycles. The first-order valence-electron chi connectivity index (χ1n) is 6.74. The molecule has 2 aromatic rings. The van der Waals surface area contributed by atoms with Crippen molar-refractivity contribution in [2.75, 3.05) is 6.61 Å². The van der Waals surface area contributed by atoms with Gasteiger partial charge in [-0.05, 0) is 30.7 Å². The van der Waals surface area contributed by atoms with Crippen LogP contribution < -0.4 is 0 Å². The van der Waals surface area contributed by atoms with Crippen LogP contribution in [0.5, 0.6) is 0 Å². The van der Waals surface area contributed by atoms with E-state index in [4.69, 9.17) is 5.11 Å². The molecule has 0 aliphatic heterocycles. The van der Waals surface area contributed by atoms with Crippen molar-refractivity contribution in [2.45, 2.75) is 24.5 Å². The van der Waals surface area contributed by atoms with E-state index >= 15 is 0 Å². The first kappa shape index (κ1) is 14.8. The van der Waals surface area contributed by atoms with E-state index in [9.17, 15) is 10.2 Å². The summed E-state index contributed by atoms with van der Waals surface area (Å²) in [6, 6.07) is 7.94. The van der Waals surface area contributed by atoms with Gasteiger partial charge in [-0.3, -0.25) is 0 Å². The lowest BCUT2D eigenvalue weighted by Gasteiger charge is -2.24. The Morgan fingerprint density at radius 2 is 1.45 bits per heavy atom. The lowest BCUT2D eigenvalue weighted by Crippen LogP contribution is -2.31. The van der Waals surface area contributed by atoms with Crippen molar-refractivity contribution in [1.29, 1.82) is 0 Å². The Morgan fingerprint density at radius 3 is 1.80 bits per heavy atom. The fraction of sp³-hybridized carbons (Fsp3) is 0.467. The molecule has 0 aromatic carbocycles. The van der Waals surface area contributed by atoms with Gasteiger partial charge in [0, 0.05) is 43.8 Å². The monoisotopic (exact) mass is 278 g/mol. The molecular formula is C15H22N2O3. The zero-order chi connectivity index (χ0) is 14.7. The summed E-state index contributed by atoms with van der Waals surface area (Å²) < 4.78 is 4.02. The number of nitrogens with zero attached hydrogens (tertiary/aromatic N) is 2. The van der Waals surface area contributed by atoms with Gasteiger partial charge in [-0.1, -0.05) is 0 Å². The summed E-state index contributed by atoms with van der Waals surface area (Å²) in [5.41, 5.74) is 2.13. The standard InChI is InChI=1S/C15H22N2O3/c1-16-7-3-5-12(16)11(9-14(19)15(20)10-18)13-6-4-8-17(13)2/h3-8,11,14-15,18-20H,9-10H2,1-2H3/t14-,15+/m0/s1. The summed E-state index contributed by atoms with van der Waals surface area (Å²) in [6.07, 6.45) is 2.20. The zero-order valence-corrected chi connectivity index (χ0v) is 11.8. The molecule has 2 rings (SSSR count). The normalized spacial score (nSPS) is 14.7. The predicted octanol–water partition coefficient (Wildman–Crippen LogP) is 0.600. The van der Waals surface area contributed by atoms with Gasteiger partial charge < -0.3 is 24.5 Å². The highest BCUT2D eigenvalue weighted by molar-refractivity contribution is 5.26. The maximum atomic E-state index is 10.0. The summed E-state index contributed by atoms with van der Waals surface area (Å²) in [5.74, 6) is -0.0359. The summed E-state index contributed by atoms with van der Waals surface area (Å²) in [6.45, 7) is -0.436. The minimum atomic E-state index is -1.11. The quantitative estimate of drug-likeness (QED) is 0.724. The van der Waals surface area contributed by atoms with Crippen LogP contribution in [0.15, 0.2) is 36.7 Å². The Hall–Kier alpha value is -1.56. The van der Waals surface area contributed by atoms with Crippen LogP contribution >= 0.6 is 0 Å². The van der Waals surface area contributed by atoms with Gasteiger partial charge in [-0.15, -0.1) is 0 Å². The molecule has 0 saturated carbocycles. The van der Waals surface area contributed by atoms with Crippen molar-refractivity contribution >= 4 is 0 Å². The van der Waals surface area contributed by atoms with Gasteiger partial charge in [-0.2, -0.15) is 0 Å². The number of rotatable bonds is 6. The molecule has 0 saturated heterocycles. The van der Waals surface area contributed by atoms with Gasteiger partial charge in [0.25, 0.3) is 0 Å². The largest absolute Gasteiger partial charge is 0.394 e. The minimum Gasteiger partial charge on any atom is -0.394 e. The second kappa shape index (κ2) is 6.26. The van der Waals surface area contributed by atoms with Crippen molar-refractivity contribution in [3.63, 3.8) is 0 Å². The highest BCUT2D eigenvalue weighted by Gasteiger charge is 2.26. The van der Waals surface area contributed by atoms with Gasteiger partial charge in [0.05, 0.1) is 12.7 Å². The zero-order valence-electron chi connectivity index (χ0n) is 11.8. The van der Waals surface area contributed by atoms with E-state index in [-0.39, 0.29) is 5.92 Å². The highest BCUT2D eigenvalue weighted by Crippen LogP contribution is 2.30. The third-order valence-electron chi connectivity index (χ3n) is 3.79. The average Bonchev–Trinajstić information content (AvgIpc) is 3.04. The van der Waals surface area contributed by atoms with Gasteiger partial charge in [-0.25, -0.2) is 0 Å². The predicted molar refractivity (Wildman–Crippen MR) is 76.4 cm³/mol. The Labute approximate surface area is 118 Å². The van der Waals surface area contributed by atoms with Crippen LogP contribution in [0.4, 0.5) is 0 Å². The van der Waals surface area contributed by atoms with Gasteiger partial charge in [0.15, 0.2) is 0 Å². The number of aryl methyl sites for hydroxylation is 2. The van der Waals surface area contributed by atoms with Crippen LogP contribution in [0, 0.1) is 0 Å². The Kier molecular flexibility index (Phi) is 4.65. The number of aliphatic hydroxyl groups is 3. The van der Waals surface area contributed by atoms with Crippen molar-refractivity contribution in [1.82, 2.24) is 9.13 Å². The fourth-order valence-electron chi connectivity index (χ4n) is 2.59. The molecule has 0 spiro atoms. The van der Waals surface area contributed by atoms with E-state index in [1.807, 2.05) is 59.9 Å². The van der Waals surface area contributed by atoms with Crippen molar-refractivity contribution in [2.24, 2.45) is 14.1 Å². The SMILES string of the molecule is Cn1cccc1C(C[C@H](O)[C@H](O)CO)c1cccn1C. The Balaban J connectivity index is 2.31. The lowest BCUT2D eigenvalue weighted by molar-refractivity contribution is -0.0196. The maximum absolute atomic E-state index is 10.0. The maximum Gasteiger partial charge on any atom is 0.103 e. The van der Waals surface area contributed by atoms with E-state index in [0.717, 1.165) is 11.4 Å². The van der Waals surface area contributed by atoms with Crippen LogP contribution in [-0.2, 0) is 14.1 Å². The van der Waals surface area contributed by atoms with Crippen molar-refractivity contribution in [3.8, 4) is 0 Å². The van der Waals surface area contributed by atoms with Crippen LogP contribution in [0.2, 0.25) is 0 Å². The molecule has 0 bridgehead atoms. The summed E-state index contributed by atoms with van der Waals surface area (Å²) in [4.78, 5) is 0. The summed E-state index contributed by atoms with van der Waals surface area (Å²) in [5, 5.41) is 28.6. The number of aromatic nitrogens is 2. The molecular weight excluding hydrogens is 256 g/mol. The van der Waals surface area contributed by atoms with E-state index in [2.05, 4.69) is 0 Å². The molecule has 0 aliphatic carbocycles. The molecule has 3 N–H and O–H groups in total. The van der Waals surface area contributed by atoms with Crippen LogP contribution in [0.25, 0.3) is 0 Å². The Morgan fingerprint density at radius 1 is 0.950 bits per heavy atom. The number of hydrogen-bond acceptors (Lipinski definition) is 3. The first-order valence-corrected chi connectivity index (χ1v) is 6.74. The Bertz CT molecular complexity index is 507. The molecule has 0 amide bonds. The second-order valence-corrected chi connectivity index (χ2v) is 5.19. The van der Waals surface area contributed by atoms with Crippen LogP contribution in [-0.4, -0.2) is 43.3 Å². The topological polar surface area (TPSA) is 70.6 Å². The minimum absolute atomic E-state index is 0.0359. The molecule has 5 heteroatoms. The third-order valence-corrected chi connectivity index (χ3v) is 3.79. The average molecular weight is 278 g/mol. The van der Waals surface area contributed by atoms with Gasteiger partial charge >= 0.3 is 0 Å². The summed E-state index contributed by atoms with van der Waals surface area (Å²) >= 11 is 0. The van der Waals surface area contributed by atoms with E-state index in [1.54, 1.807) is 0 Å². The first-order chi connectivity index (χ1) is 9.54. The lowest BCUT2D eigenvalue weighted by atomic mass is 9.92. The number of hydrogen-bond donors (Lipinski definition) is 3. The molecule has 110 valence electrons. The third kappa shape index (κ3) is 2.95. The highest BCUT2D eigenvalue weighted by atomic mass is 16.4. The molecule has 2 atom stereocenters. The molecule has 2 aromatic heterocycles. The molecule has 0 aliphatic rings. The molecule has 0 fully saturated rings. The van der Waals surface area contributed by atoms with Crippen LogP contribution in [0.1, 0.15) is 23.7 Å². The number of aliphatic hydroxyl groups excluding tert-OH is 3. The van der Waals surface area contributed by atoms with Crippen molar-refractivity contribution in [3.05, 3.63) is 48.0 Å². The van der Waals surface area contributed by atoms with E-state index < -0.39 is 18.8 Å². The van der Waals surface area contributed by atoms with Gasteiger partial charge in [0.1, 0.15) is 6.10 Å². The second-order valence-electron chi connectivity index (χ2n) is 5.19. The van der Waals surface area contributed by atoms with E-state index in [0.29, 0.717) is 6.42 Å². The van der Waals surface area contributed by atoms with Crippen LogP contribution in [0.3, 0.4) is 0 Å². The van der Waals surface area contributed by atoms with Crippen molar-refractivity contribution < 1.29 is 15.3 Å².